The van der Waals surface area contributed by atoms with Crippen LogP contribution < -0.4 is 5.73 Å². The highest BCUT2D eigenvalue weighted by Crippen LogP contribution is 1.95. The Hall–Kier alpha value is -0.0100. The first-order valence-corrected chi connectivity index (χ1v) is 4.28. The third kappa shape index (κ3) is 4.44. The molecule has 0 aliphatic carbocycles. The van der Waals surface area contributed by atoms with Crippen LogP contribution >= 0.6 is 0 Å². The van der Waals surface area contributed by atoms with E-state index in [0.29, 0.717) is 6.54 Å². The average Bonchev–Trinajstić information content (AvgIpc) is 1.81. The molecular formula is C5H14N3O2S-. The van der Waals surface area contributed by atoms with Crippen molar-refractivity contribution in [3.8, 4) is 0 Å². The summed E-state index contributed by atoms with van der Waals surface area (Å²) in [5.41, 5.74) is 5.43. The topological polar surface area (TPSA) is 72.6 Å². The summed E-state index contributed by atoms with van der Waals surface area (Å²) in [7, 11) is 3.30. The number of hydrogen-bond donors (Lipinski definition) is 1. The maximum Gasteiger partial charge on any atom is 0.0409 e. The van der Waals surface area contributed by atoms with Crippen molar-refractivity contribution in [2.75, 3.05) is 20.6 Å². The number of hydrogen-bond acceptors (Lipinski definition) is 4. The van der Waals surface area contributed by atoms with Crippen LogP contribution in [0, 0.1) is 0 Å². The summed E-state index contributed by atoms with van der Waals surface area (Å²) >= 11 is -2.22. The predicted octanol–water partition coefficient (Wildman–Crippen LogP) is -1.09. The molecule has 0 aromatic heterocycles. The van der Waals surface area contributed by atoms with Gasteiger partial charge in [-0.3, -0.25) is 4.21 Å². The highest BCUT2D eigenvalue weighted by Gasteiger charge is 2.09. The first-order valence-electron chi connectivity index (χ1n) is 3.25. The van der Waals surface area contributed by atoms with Crippen LogP contribution in [0.2, 0.25) is 0 Å². The fourth-order valence-electron chi connectivity index (χ4n) is 0.604. The molecule has 0 aromatic carbocycles. The molecule has 2 unspecified atom stereocenters. The lowest BCUT2D eigenvalue weighted by atomic mass is 10.4. The number of rotatable bonds is 4. The predicted molar refractivity (Wildman–Crippen MR) is 43.0 cm³/mol. The minimum absolute atomic E-state index is 0.157. The summed E-state index contributed by atoms with van der Waals surface area (Å²) in [4.78, 5) is 0. The maximum absolute atomic E-state index is 10.5. The van der Waals surface area contributed by atoms with Gasteiger partial charge in [-0.25, -0.2) is 5.01 Å². The van der Waals surface area contributed by atoms with E-state index in [4.69, 9.17) is 5.73 Å². The Kier molecular flexibility index (Phi) is 4.78. The van der Waals surface area contributed by atoms with Crippen molar-refractivity contribution in [1.29, 1.82) is 0 Å². The highest BCUT2D eigenvalue weighted by atomic mass is 32.2. The SMILES string of the molecule is CC(N)CN(N(C)C)S(=O)[O-]. The fraction of sp³-hybridized carbons (Fsp3) is 1.00. The minimum Gasteiger partial charge on any atom is -0.759 e. The van der Waals surface area contributed by atoms with E-state index < -0.39 is 11.3 Å². The second-order valence-corrected chi connectivity index (χ2v) is 3.43. The van der Waals surface area contributed by atoms with Gasteiger partial charge in [-0.15, -0.1) is 0 Å². The van der Waals surface area contributed by atoms with E-state index in [0.717, 1.165) is 4.41 Å². The molecule has 2 atom stereocenters. The normalized spacial score (nSPS) is 17.4. The Morgan fingerprint density at radius 1 is 1.64 bits per heavy atom. The van der Waals surface area contributed by atoms with Crippen molar-refractivity contribution < 1.29 is 8.76 Å². The largest absolute Gasteiger partial charge is 0.759 e. The third-order valence-electron chi connectivity index (χ3n) is 1.06. The Bertz CT molecular complexity index is 140. The standard InChI is InChI=1S/C5H15N3O2S/c1-5(6)4-8(7(2)3)11(9)10/h5H,4,6H2,1-3H3,(H,9,10)/p-1. The lowest BCUT2D eigenvalue weighted by molar-refractivity contribution is 0.117. The molecule has 5 nitrogen and oxygen atoms in total. The van der Waals surface area contributed by atoms with Crippen LogP contribution in [0.3, 0.4) is 0 Å². The van der Waals surface area contributed by atoms with Gasteiger partial charge in [0.2, 0.25) is 0 Å². The number of hydrazine groups is 1. The van der Waals surface area contributed by atoms with Gasteiger partial charge in [-0.1, -0.05) is 0 Å². The van der Waals surface area contributed by atoms with E-state index in [-0.39, 0.29) is 6.04 Å². The van der Waals surface area contributed by atoms with Crippen LogP contribution in [-0.4, -0.2) is 44.9 Å². The van der Waals surface area contributed by atoms with Gasteiger partial charge in [0.15, 0.2) is 0 Å². The van der Waals surface area contributed by atoms with Crippen LogP contribution in [0.1, 0.15) is 6.92 Å². The van der Waals surface area contributed by atoms with Crippen molar-refractivity contribution >= 4 is 11.3 Å². The zero-order valence-electron chi connectivity index (χ0n) is 6.98. The molecule has 0 rings (SSSR count). The van der Waals surface area contributed by atoms with E-state index in [1.165, 1.54) is 5.01 Å². The van der Waals surface area contributed by atoms with Gasteiger partial charge < -0.3 is 10.3 Å². The number of nitrogens with zero attached hydrogens (tertiary/aromatic N) is 2. The summed E-state index contributed by atoms with van der Waals surface area (Å²) in [6, 6.07) is -0.157. The van der Waals surface area contributed by atoms with Gasteiger partial charge >= 0.3 is 0 Å². The van der Waals surface area contributed by atoms with E-state index in [1.54, 1.807) is 21.0 Å². The maximum atomic E-state index is 10.5. The van der Waals surface area contributed by atoms with Crippen LogP contribution in [0.25, 0.3) is 0 Å². The second kappa shape index (κ2) is 4.78. The van der Waals surface area contributed by atoms with E-state index in [1.807, 2.05) is 0 Å². The zero-order chi connectivity index (χ0) is 9.02. The molecule has 2 N–H and O–H groups in total. The van der Waals surface area contributed by atoms with Crippen LogP contribution in [0.5, 0.6) is 0 Å². The smallest absolute Gasteiger partial charge is 0.0409 e. The monoisotopic (exact) mass is 180 g/mol. The average molecular weight is 180 g/mol. The van der Waals surface area contributed by atoms with Crippen molar-refractivity contribution in [2.45, 2.75) is 13.0 Å². The molecule has 11 heavy (non-hydrogen) atoms. The molecule has 0 saturated heterocycles. The van der Waals surface area contributed by atoms with E-state index in [2.05, 4.69) is 0 Å². The molecule has 0 saturated carbocycles. The van der Waals surface area contributed by atoms with Gasteiger partial charge in [-0.2, -0.15) is 4.41 Å². The lowest BCUT2D eigenvalue weighted by Gasteiger charge is -2.31. The first-order chi connectivity index (χ1) is 4.95. The first kappa shape index (κ1) is 11.0. The van der Waals surface area contributed by atoms with Crippen molar-refractivity contribution in [3.63, 3.8) is 0 Å². The lowest BCUT2D eigenvalue weighted by Crippen LogP contribution is -2.44. The summed E-state index contributed by atoms with van der Waals surface area (Å²) in [6.07, 6.45) is 0. The molecule has 0 bridgehead atoms. The summed E-state index contributed by atoms with van der Waals surface area (Å²) in [5, 5.41) is 1.48. The quantitative estimate of drug-likeness (QED) is 0.440. The van der Waals surface area contributed by atoms with Gasteiger partial charge in [0.25, 0.3) is 0 Å². The van der Waals surface area contributed by atoms with Gasteiger partial charge in [0, 0.05) is 37.9 Å². The highest BCUT2D eigenvalue weighted by molar-refractivity contribution is 7.76. The molecule has 0 heterocycles. The van der Waals surface area contributed by atoms with Crippen molar-refractivity contribution in [1.82, 2.24) is 9.42 Å². The number of nitrogens with two attached hydrogens (primary N) is 1. The summed E-state index contributed by atoms with van der Waals surface area (Å²) < 4.78 is 22.2. The molecule has 0 aliphatic rings. The molecule has 0 radical (unpaired) electrons. The summed E-state index contributed by atoms with van der Waals surface area (Å²) in [5.74, 6) is 0. The van der Waals surface area contributed by atoms with Crippen LogP contribution in [0.15, 0.2) is 0 Å². The van der Waals surface area contributed by atoms with Gasteiger partial charge in [0.1, 0.15) is 0 Å². The van der Waals surface area contributed by atoms with Crippen molar-refractivity contribution in [2.24, 2.45) is 5.73 Å². The van der Waals surface area contributed by atoms with Crippen LogP contribution in [-0.2, 0) is 11.3 Å². The van der Waals surface area contributed by atoms with Gasteiger partial charge in [0.05, 0.1) is 0 Å². The fourth-order valence-corrected chi connectivity index (χ4v) is 1.23. The molecule has 0 spiro atoms. The molecule has 6 heteroatoms. The molecular weight excluding hydrogens is 166 g/mol. The van der Waals surface area contributed by atoms with Crippen LogP contribution in [0.4, 0.5) is 0 Å². The Labute approximate surface area is 69.5 Å². The molecule has 0 aliphatic heterocycles. The summed E-state index contributed by atoms with van der Waals surface area (Å²) in [6.45, 7) is 2.06. The molecule has 0 aromatic rings. The Balaban J connectivity index is 4.01. The second-order valence-electron chi connectivity index (χ2n) is 2.58. The van der Waals surface area contributed by atoms with Crippen molar-refractivity contribution in [3.05, 3.63) is 0 Å². The molecule has 68 valence electrons. The molecule has 0 amide bonds. The zero-order valence-corrected chi connectivity index (χ0v) is 7.80. The Morgan fingerprint density at radius 3 is 2.18 bits per heavy atom. The van der Waals surface area contributed by atoms with E-state index >= 15 is 0 Å². The molecule has 0 fully saturated rings. The minimum atomic E-state index is -2.22. The van der Waals surface area contributed by atoms with Gasteiger partial charge in [-0.05, 0) is 6.92 Å². The van der Waals surface area contributed by atoms with E-state index in [9.17, 15) is 8.76 Å². The Morgan fingerprint density at radius 2 is 2.09 bits per heavy atom. The third-order valence-corrected chi connectivity index (χ3v) is 1.88.